The highest BCUT2D eigenvalue weighted by Gasteiger charge is 2.64. The molecule has 22 heavy (non-hydrogen) atoms. The van der Waals surface area contributed by atoms with Gasteiger partial charge in [-0.2, -0.15) is 0 Å². The second-order valence-corrected chi connectivity index (χ2v) is 7.34. The molecule has 0 unspecified atom stereocenters. The monoisotopic (exact) mass is 297 g/mol. The molecule has 1 fully saturated rings. The number of imidazole rings is 1. The predicted octanol–water partition coefficient (Wildman–Crippen LogP) is 3.33. The van der Waals surface area contributed by atoms with E-state index in [9.17, 15) is 4.79 Å². The van der Waals surface area contributed by atoms with E-state index in [0.29, 0.717) is 22.3 Å². The van der Waals surface area contributed by atoms with Crippen LogP contribution < -0.4 is 5.73 Å². The molecule has 2 aromatic rings. The molecule has 116 valence electrons. The maximum atomic E-state index is 11.2. The molecule has 4 nitrogen and oxygen atoms in total. The third-order valence-electron chi connectivity index (χ3n) is 5.84. The summed E-state index contributed by atoms with van der Waals surface area (Å²) >= 11 is 0. The Morgan fingerprint density at radius 1 is 1.18 bits per heavy atom. The van der Waals surface area contributed by atoms with Crippen LogP contribution in [0.25, 0.3) is 11.4 Å². The van der Waals surface area contributed by atoms with Gasteiger partial charge in [0.05, 0.1) is 0 Å². The van der Waals surface area contributed by atoms with E-state index in [-0.39, 0.29) is 0 Å². The number of rotatable bonds is 4. The number of primary amides is 1. The van der Waals surface area contributed by atoms with Crippen LogP contribution in [0.1, 0.15) is 38.1 Å². The molecule has 4 heteroatoms. The van der Waals surface area contributed by atoms with Crippen LogP contribution in [0.5, 0.6) is 0 Å². The van der Waals surface area contributed by atoms with Crippen molar-refractivity contribution in [1.29, 1.82) is 0 Å². The van der Waals surface area contributed by atoms with Gasteiger partial charge in [0.15, 0.2) is 0 Å². The quantitative estimate of drug-likeness (QED) is 0.941. The third kappa shape index (κ3) is 2.14. The summed E-state index contributed by atoms with van der Waals surface area (Å²) < 4.78 is 2.21. The molecule has 0 bridgehead atoms. The van der Waals surface area contributed by atoms with Crippen molar-refractivity contribution in [3.63, 3.8) is 0 Å². The predicted molar refractivity (Wildman–Crippen MR) is 87.2 cm³/mol. The van der Waals surface area contributed by atoms with Crippen LogP contribution in [0, 0.1) is 16.7 Å². The second kappa shape index (κ2) is 4.70. The van der Waals surface area contributed by atoms with Gasteiger partial charge in [-0.25, -0.2) is 4.98 Å². The fraction of sp³-hybridized carbons (Fsp3) is 0.444. The van der Waals surface area contributed by atoms with Gasteiger partial charge in [0.25, 0.3) is 0 Å². The fourth-order valence-electron chi connectivity index (χ4n) is 3.49. The summed E-state index contributed by atoms with van der Waals surface area (Å²) in [6.45, 7) is 10.3. The molecule has 0 aliphatic heterocycles. The van der Waals surface area contributed by atoms with Crippen molar-refractivity contribution >= 4 is 5.91 Å². The first-order valence-electron chi connectivity index (χ1n) is 7.66. The molecule has 1 saturated carbocycles. The highest BCUT2D eigenvalue weighted by Crippen LogP contribution is 2.68. The molecule has 3 rings (SSSR count). The first kappa shape index (κ1) is 14.8. The number of carbonyl (C=O) groups is 1. The van der Waals surface area contributed by atoms with Crippen molar-refractivity contribution in [1.82, 2.24) is 9.55 Å². The van der Waals surface area contributed by atoms with Crippen molar-refractivity contribution in [3.8, 4) is 11.4 Å². The number of aromatic nitrogens is 2. The molecule has 0 radical (unpaired) electrons. The summed E-state index contributed by atoms with van der Waals surface area (Å²) in [5, 5.41) is 0. The van der Waals surface area contributed by atoms with Crippen LogP contribution in [-0.4, -0.2) is 15.5 Å². The summed E-state index contributed by atoms with van der Waals surface area (Å²) in [5.41, 5.74) is 7.52. The number of hydrogen-bond donors (Lipinski definition) is 1. The largest absolute Gasteiger partial charge is 0.366 e. The third-order valence-corrected chi connectivity index (χ3v) is 5.84. The van der Waals surface area contributed by atoms with Crippen LogP contribution in [0.4, 0.5) is 0 Å². The van der Waals surface area contributed by atoms with Crippen LogP contribution in [-0.2, 0) is 6.54 Å². The Bertz CT molecular complexity index is 696. The van der Waals surface area contributed by atoms with Gasteiger partial charge >= 0.3 is 0 Å². The molecule has 0 saturated heterocycles. The zero-order chi connectivity index (χ0) is 16.1. The number of nitrogens with two attached hydrogens (primary N) is 1. The molecule has 1 aliphatic carbocycles. The second-order valence-electron chi connectivity index (χ2n) is 7.34. The van der Waals surface area contributed by atoms with Gasteiger partial charge in [-0.05, 0) is 28.9 Å². The normalized spacial score (nSPS) is 19.1. The molecule has 1 aromatic carbocycles. The maximum Gasteiger partial charge on any atom is 0.248 e. The zero-order valence-corrected chi connectivity index (χ0v) is 13.6. The molecule has 1 aromatic heterocycles. The highest BCUT2D eigenvalue weighted by atomic mass is 16.1. The van der Waals surface area contributed by atoms with Crippen molar-refractivity contribution in [3.05, 3.63) is 42.2 Å². The lowest BCUT2D eigenvalue weighted by molar-refractivity contribution is 0.100. The lowest BCUT2D eigenvalue weighted by Gasteiger charge is -2.09. The lowest BCUT2D eigenvalue weighted by atomic mass is 10.0. The van der Waals surface area contributed by atoms with E-state index in [1.165, 1.54) is 0 Å². The van der Waals surface area contributed by atoms with Crippen molar-refractivity contribution < 1.29 is 4.79 Å². The van der Waals surface area contributed by atoms with Gasteiger partial charge in [0.2, 0.25) is 5.91 Å². The molecule has 1 amide bonds. The first-order valence-corrected chi connectivity index (χ1v) is 7.66. The van der Waals surface area contributed by atoms with E-state index in [0.717, 1.165) is 17.9 Å². The molecule has 0 spiro atoms. The highest BCUT2D eigenvalue weighted by molar-refractivity contribution is 5.93. The van der Waals surface area contributed by atoms with E-state index < -0.39 is 5.91 Å². The molecular weight excluding hydrogens is 274 g/mol. The SMILES string of the molecule is CC1(C)C(Cn2ccnc2-c2ccc(C(N)=O)cc2)C1(C)C. The Morgan fingerprint density at radius 3 is 2.27 bits per heavy atom. The van der Waals surface area contributed by atoms with Crippen LogP contribution in [0.3, 0.4) is 0 Å². The van der Waals surface area contributed by atoms with Crippen LogP contribution in [0.2, 0.25) is 0 Å². The van der Waals surface area contributed by atoms with Crippen molar-refractivity contribution in [2.24, 2.45) is 22.5 Å². The summed E-state index contributed by atoms with van der Waals surface area (Å²) in [5.74, 6) is 1.17. The van der Waals surface area contributed by atoms with Gasteiger partial charge in [0.1, 0.15) is 5.82 Å². The first-order chi connectivity index (χ1) is 10.2. The lowest BCUT2D eigenvalue weighted by Crippen LogP contribution is -2.10. The smallest absolute Gasteiger partial charge is 0.248 e. The van der Waals surface area contributed by atoms with Gasteiger partial charge in [-0.15, -0.1) is 0 Å². The van der Waals surface area contributed by atoms with E-state index >= 15 is 0 Å². The molecule has 1 heterocycles. The van der Waals surface area contributed by atoms with Gasteiger partial charge in [-0.3, -0.25) is 4.79 Å². The minimum atomic E-state index is -0.406. The molecular formula is C18H23N3O. The maximum absolute atomic E-state index is 11.2. The summed E-state index contributed by atoms with van der Waals surface area (Å²) in [6.07, 6.45) is 3.86. The summed E-state index contributed by atoms with van der Waals surface area (Å²) in [7, 11) is 0. The van der Waals surface area contributed by atoms with Crippen LogP contribution >= 0.6 is 0 Å². The summed E-state index contributed by atoms with van der Waals surface area (Å²) in [6, 6.07) is 7.31. The number of benzene rings is 1. The van der Waals surface area contributed by atoms with E-state index in [1.807, 2.05) is 24.5 Å². The number of nitrogens with zero attached hydrogens (tertiary/aromatic N) is 2. The van der Waals surface area contributed by atoms with Gasteiger partial charge < -0.3 is 10.3 Å². The Morgan fingerprint density at radius 2 is 1.77 bits per heavy atom. The summed E-state index contributed by atoms with van der Waals surface area (Å²) in [4.78, 5) is 15.6. The average Bonchev–Trinajstić information content (AvgIpc) is 2.84. The van der Waals surface area contributed by atoms with Crippen molar-refractivity contribution in [2.75, 3.05) is 0 Å². The molecule has 0 atom stereocenters. The zero-order valence-electron chi connectivity index (χ0n) is 13.6. The Labute approximate surface area is 131 Å². The molecule has 2 N–H and O–H groups in total. The standard InChI is InChI=1S/C18H23N3O/c1-17(2)14(18(17,3)4)11-21-10-9-20-16(21)13-7-5-12(6-8-13)15(19)22/h5-10,14H,11H2,1-4H3,(H2,19,22). The van der Waals surface area contributed by atoms with Crippen LogP contribution in [0.15, 0.2) is 36.7 Å². The van der Waals surface area contributed by atoms with E-state index in [4.69, 9.17) is 5.73 Å². The topological polar surface area (TPSA) is 60.9 Å². The van der Waals surface area contributed by atoms with Crippen molar-refractivity contribution in [2.45, 2.75) is 34.2 Å². The number of amides is 1. The van der Waals surface area contributed by atoms with E-state index in [2.05, 4.69) is 37.2 Å². The molecule has 1 aliphatic rings. The van der Waals surface area contributed by atoms with E-state index in [1.54, 1.807) is 12.1 Å². The van der Waals surface area contributed by atoms with Gasteiger partial charge in [0, 0.05) is 30.1 Å². The minimum absolute atomic E-state index is 0.352. The minimum Gasteiger partial charge on any atom is -0.366 e. The average molecular weight is 297 g/mol. The number of carbonyl (C=O) groups excluding carboxylic acids is 1. The van der Waals surface area contributed by atoms with Gasteiger partial charge in [-0.1, -0.05) is 39.8 Å². The fourth-order valence-corrected chi connectivity index (χ4v) is 3.49. The Balaban J connectivity index is 1.85. The Kier molecular flexibility index (Phi) is 3.17. The Hall–Kier alpha value is -2.10. The number of hydrogen-bond acceptors (Lipinski definition) is 2.